The van der Waals surface area contributed by atoms with Crippen LogP contribution in [0.1, 0.15) is 10.4 Å². The van der Waals surface area contributed by atoms with Gasteiger partial charge in [-0.3, -0.25) is 0 Å². The molecule has 3 rings (SSSR count). The zero-order valence-electron chi connectivity index (χ0n) is 14.2. The second kappa shape index (κ2) is 6.73. The molecule has 0 unspecified atom stereocenters. The molecule has 3 aromatic rings. The smallest absolute Gasteiger partial charge is 0.336 e. The van der Waals surface area contributed by atoms with E-state index in [9.17, 15) is 9.90 Å². The van der Waals surface area contributed by atoms with Crippen LogP contribution < -0.4 is 14.2 Å². The molecule has 1 N–H and O–H groups in total. The monoisotopic (exact) mass is 338 g/mol. The number of fused-ring (bicyclic) bond motifs is 1. The third-order valence-corrected chi connectivity index (χ3v) is 4.09. The van der Waals surface area contributed by atoms with Crippen molar-refractivity contribution in [3.05, 3.63) is 54.1 Å². The highest BCUT2D eigenvalue weighted by atomic mass is 16.5. The summed E-state index contributed by atoms with van der Waals surface area (Å²) in [5.74, 6) is 0.558. The third-order valence-electron chi connectivity index (χ3n) is 4.09. The van der Waals surface area contributed by atoms with E-state index in [1.54, 1.807) is 45.6 Å². The molecule has 0 saturated heterocycles. The molecular weight excluding hydrogens is 320 g/mol. The number of carboxylic acids is 1. The highest BCUT2D eigenvalue weighted by Gasteiger charge is 2.16. The van der Waals surface area contributed by atoms with Crippen LogP contribution in [0.2, 0.25) is 0 Å². The first-order valence-corrected chi connectivity index (χ1v) is 7.65. The Morgan fingerprint density at radius 3 is 2.00 bits per heavy atom. The second-order valence-corrected chi connectivity index (χ2v) is 5.46. The Morgan fingerprint density at radius 2 is 1.44 bits per heavy atom. The number of carboxylic acid groups (broad SMARTS) is 1. The lowest BCUT2D eigenvalue weighted by molar-refractivity contribution is 0.0699. The predicted molar refractivity (Wildman–Crippen MR) is 96.0 cm³/mol. The second-order valence-electron chi connectivity index (χ2n) is 5.46. The Labute approximate surface area is 145 Å². The van der Waals surface area contributed by atoms with Gasteiger partial charge in [0.2, 0.25) is 5.75 Å². The SMILES string of the molecule is COc1cc(-c2cc(C(=O)O)c3ccccc3c2)cc(OC)c1OC. The molecule has 0 saturated carbocycles. The number of ether oxygens (including phenoxy) is 3. The van der Waals surface area contributed by atoms with Crippen molar-refractivity contribution in [3.63, 3.8) is 0 Å². The van der Waals surface area contributed by atoms with E-state index in [1.165, 1.54) is 0 Å². The van der Waals surface area contributed by atoms with E-state index in [4.69, 9.17) is 14.2 Å². The molecule has 0 aliphatic rings. The summed E-state index contributed by atoms with van der Waals surface area (Å²) < 4.78 is 16.1. The van der Waals surface area contributed by atoms with Crippen molar-refractivity contribution in [1.29, 1.82) is 0 Å². The van der Waals surface area contributed by atoms with Gasteiger partial charge in [-0.05, 0) is 46.2 Å². The third kappa shape index (κ3) is 2.96. The summed E-state index contributed by atoms with van der Waals surface area (Å²) in [5, 5.41) is 11.1. The predicted octanol–water partition coefficient (Wildman–Crippen LogP) is 4.23. The first kappa shape index (κ1) is 16.6. The molecule has 0 bridgehead atoms. The van der Waals surface area contributed by atoms with Gasteiger partial charge in [0.05, 0.1) is 26.9 Å². The minimum Gasteiger partial charge on any atom is -0.493 e. The van der Waals surface area contributed by atoms with Crippen LogP contribution in [-0.4, -0.2) is 32.4 Å². The van der Waals surface area contributed by atoms with Crippen molar-refractivity contribution in [2.75, 3.05) is 21.3 Å². The minimum atomic E-state index is -0.967. The van der Waals surface area contributed by atoms with E-state index >= 15 is 0 Å². The van der Waals surface area contributed by atoms with E-state index in [2.05, 4.69) is 0 Å². The summed E-state index contributed by atoms with van der Waals surface area (Å²) in [6.45, 7) is 0. The molecule has 0 fully saturated rings. The first-order chi connectivity index (χ1) is 12.1. The van der Waals surface area contributed by atoms with Crippen LogP contribution in [0.25, 0.3) is 21.9 Å². The molecule has 0 spiro atoms. The Bertz CT molecular complexity index is 921. The maximum absolute atomic E-state index is 11.7. The summed E-state index contributed by atoms with van der Waals surface area (Å²) >= 11 is 0. The lowest BCUT2D eigenvalue weighted by Crippen LogP contribution is -1.99. The Morgan fingerprint density at radius 1 is 0.840 bits per heavy atom. The molecule has 0 radical (unpaired) electrons. The fraction of sp³-hybridized carbons (Fsp3) is 0.150. The lowest BCUT2D eigenvalue weighted by atomic mass is 9.96. The van der Waals surface area contributed by atoms with Crippen LogP contribution in [0.15, 0.2) is 48.5 Å². The molecule has 0 aromatic heterocycles. The van der Waals surface area contributed by atoms with Crippen LogP contribution in [0, 0.1) is 0 Å². The van der Waals surface area contributed by atoms with Crippen LogP contribution in [0.4, 0.5) is 0 Å². The molecule has 0 amide bonds. The normalized spacial score (nSPS) is 10.5. The van der Waals surface area contributed by atoms with E-state index in [0.29, 0.717) is 22.6 Å². The molecule has 0 heterocycles. The lowest BCUT2D eigenvalue weighted by Gasteiger charge is -2.15. The zero-order chi connectivity index (χ0) is 18.0. The van der Waals surface area contributed by atoms with Crippen molar-refractivity contribution in [1.82, 2.24) is 0 Å². The van der Waals surface area contributed by atoms with Gasteiger partial charge in [-0.1, -0.05) is 24.3 Å². The highest BCUT2D eigenvalue weighted by molar-refractivity contribution is 6.05. The number of carbonyl (C=O) groups is 1. The van der Waals surface area contributed by atoms with Gasteiger partial charge in [0.1, 0.15) is 0 Å². The summed E-state index contributed by atoms with van der Waals surface area (Å²) in [6.07, 6.45) is 0. The van der Waals surface area contributed by atoms with Crippen molar-refractivity contribution < 1.29 is 24.1 Å². The number of hydrogen-bond acceptors (Lipinski definition) is 4. The van der Waals surface area contributed by atoms with Crippen LogP contribution in [-0.2, 0) is 0 Å². The van der Waals surface area contributed by atoms with Crippen LogP contribution >= 0.6 is 0 Å². The molecule has 25 heavy (non-hydrogen) atoms. The summed E-state index contributed by atoms with van der Waals surface area (Å²) in [4.78, 5) is 11.7. The van der Waals surface area contributed by atoms with Gasteiger partial charge in [-0.15, -0.1) is 0 Å². The fourth-order valence-electron chi connectivity index (χ4n) is 2.90. The molecular formula is C20H18O5. The van der Waals surface area contributed by atoms with Gasteiger partial charge < -0.3 is 19.3 Å². The Kier molecular flexibility index (Phi) is 4.48. The number of aromatic carboxylic acids is 1. The van der Waals surface area contributed by atoms with Crippen molar-refractivity contribution in [3.8, 4) is 28.4 Å². The van der Waals surface area contributed by atoms with E-state index in [-0.39, 0.29) is 5.56 Å². The van der Waals surface area contributed by atoms with Crippen molar-refractivity contribution >= 4 is 16.7 Å². The van der Waals surface area contributed by atoms with Gasteiger partial charge in [0, 0.05) is 0 Å². The zero-order valence-corrected chi connectivity index (χ0v) is 14.2. The Balaban J connectivity index is 2.28. The molecule has 5 nitrogen and oxygen atoms in total. The van der Waals surface area contributed by atoms with Crippen LogP contribution in [0.5, 0.6) is 17.2 Å². The maximum Gasteiger partial charge on any atom is 0.336 e. The van der Waals surface area contributed by atoms with E-state index < -0.39 is 5.97 Å². The minimum absolute atomic E-state index is 0.252. The fourth-order valence-corrected chi connectivity index (χ4v) is 2.90. The molecule has 0 aliphatic carbocycles. The van der Waals surface area contributed by atoms with Gasteiger partial charge in [0.15, 0.2) is 11.5 Å². The number of rotatable bonds is 5. The van der Waals surface area contributed by atoms with Crippen molar-refractivity contribution in [2.24, 2.45) is 0 Å². The Hall–Kier alpha value is -3.21. The van der Waals surface area contributed by atoms with Crippen molar-refractivity contribution in [2.45, 2.75) is 0 Å². The number of methoxy groups -OCH3 is 3. The molecule has 3 aromatic carbocycles. The van der Waals surface area contributed by atoms with Gasteiger partial charge >= 0.3 is 5.97 Å². The maximum atomic E-state index is 11.7. The topological polar surface area (TPSA) is 65.0 Å². The van der Waals surface area contributed by atoms with E-state index in [1.807, 2.05) is 24.3 Å². The highest BCUT2D eigenvalue weighted by Crippen LogP contribution is 2.41. The number of benzene rings is 3. The van der Waals surface area contributed by atoms with Gasteiger partial charge in [0.25, 0.3) is 0 Å². The molecule has 0 aliphatic heterocycles. The van der Waals surface area contributed by atoms with Gasteiger partial charge in [-0.2, -0.15) is 0 Å². The standard InChI is InChI=1S/C20H18O5/c1-23-17-10-14(11-18(24-2)19(17)25-3)13-8-12-6-4-5-7-15(12)16(9-13)20(21)22/h4-11H,1-3H3,(H,21,22). The summed E-state index contributed by atoms with van der Waals surface area (Å²) in [6, 6.07) is 14.6. The van der Waals surface area contributed by atoms with Crippen LogP contribution in [0.3, 0.4) is 0 Å². The summed E-state index contributed by atoms with van der Waals surface area (Å²) in [5.41, 5.74) is 1.79. The van der Waals surface area contributed by atoms with Gasteiger partial charge in [-0.25, -0.2) is 4.79 Å². The average molecular weight is 338 g/mol. The molecule has 0 atom stereocenters. The first-order valence-electron chi connectivity index (χ1n) is 7.65. The van der Waals surface area contributed by atoms with E-state index in [0.717, 1.165) is 16.5 Å². The quantitative estimate of drug-likeness (QED) is 0.754. The molecule has 128 valence electrons. The summed E-state index contributed by atoms with van der Waals surface area (Å²) in [7, 11) is 4.63. The average Bonchev–Trinajstić information content (AvgIpc) is 2.65. The largest absolute Gasteiger partial charge is 0.493 e. The molecule has 5 heteroatoms. The number of hydrogen-bond donors (Lipinski definition) is 1.